The van der Waals surface area contributed by atoms with Gasteiger partial charge in [0.1, 0.15) is 11.7 Å². The predicted molar refractivity (Wildman–Crippen MR) is 63.7 cm³/mol. The highest BCUT2D eigenvalue weighted by Crippen LogP contribution is 1.99. The van der Waals surface area contributed by atoms with Gasteiger partial charge < -0.3 is 11.6 Å². The maximum absolute atomic E-state index is 5.77. The summed E-state index contributed by atoms with van der Waals surface area (Å²) < 4.78 is 0. The monoisotopic (exact) mass is 204 g/mol. The average Bonchev–Trinajstić information content (AvgIpc) is 2.27. The fraction of sp³-hybridized carbons (Fsp3) is 0.273. The summed E-state index contributed by atoms with van der Waals surface area (Å²) in [6.45, 7) is 1.94. The number of hydrogen-bond donors (Lipinski definition) is 2. The Hall–Kier alpha value is -1.84. The molecule has 15 heavy (non-hydrogen) atoms. The quantitative estimate of drug-likeness (QED) is 0.336. The Kier molecular flexibility index (Phi) is 4.34. The second-order valence-corrected chi connectivity index (χ2v) is 3.16. The fourth-order valence-corrected chi connectivity index (χ4v) is 1.21. The first-order valence-corrected chi connectivity index (χ1v) is 4.90. The molecule has 0 saturated heterocycles. The maximum atomic E-state index is 5.77. The highest BCUT2D eigenvalue weighted by atomic mass is 15.2. The third-order valence-corrected chi connectivity index (χ3v) is 1.97. The van der Waals surface area contributed by atoms with E-state index in [-0.39, 0.29) is 0 Å². The van der Waals surface area contributed by atoms with Crippen LogP contribution in [-0.4, -0.2) is 11.7 Å². The zero-order valence-electron chi connectivity index (χ0n) is 8.85. The topological polar surface area (TPSA) is 76.8 Å². The van der Waals surface area contributed by atoms with Crippen LogP contribution in [0.1, 0.15) is 18.9 Å². The van der Waals surface area contributed by atoms with E-state index in [9.17, 15) is 0 Å². The lowest BCUT2D eigenvalue weighted by molar-refractivity contribution is 1.14. The molecule has 0 amide bonds. The van der Waals surface area contributed by atoms with Crippen molar-refractivity contribution in [3.05, 3.63) is 35.9 Å². The number of hydrogen-bond acceptors (Lipinski definition) is 2. The van der Waals surface area contributed by atoms with Crippen LogP contribution < -0.4 is 11.6 Å². The van der Waals surface area contributed by atoms with Gasteiger partial charge in [0.25, 0.3) is 0 Å². The molecule has 0 atom stereocenters. The second-order valence-electron chi connectivity index (χ2n) is 3.16. The van der Waals surface area contributed by atoms with Crippen LogP contribution in [0.2, 0.25) is 0 Å². The largest absolute Gasteiger partial charge is 0.387 e. The molecule has 0 aliphatic rings. The molecule has 0 aliphatic heterocycles. The van der Waals surface area contributed by atoms with Gasteiger partial charge in [-0.25, -0.2) is 4.99 Å². The van der Waals surface area contributed by atoms with Crippen LogP contribution in [0.5, 0.6) is 0 Å². The third-order valence-electron chi connectivity index (χ3n) is 1.97. The summed E-state index contributed by atoms with van der Waals surface area (Å²) in [5.74, 6) is 6.26. The van der Waals surface area contributed by atoms with Gasteiger partial charge in [-0.2, -0.15) is 5.10 Å². The number of rotatable bonds is 3. The Morgan fingerprint density at radius 1 is 1.27 bits per heavy atom. The van der Waals surface area contributed by atoms with Crippen molar-refractivity contribution >= 4 is 11.7 Å². The average molecular weight is 204 g/mol. The van der Waals surface area contributed by atoms with Crippen LogP contribution in [-0.2, 0) is 6.42 Å². The van der Waals surface area contributed by atoms with Gasteiger partial charge in [-0.1, -0.05) is 37.3 Å². The van der Waals surface area contributed by atoms with Gasteiger partial charge in [0.2, 0.25) is 0 Å². The van der Waals surface area contributed by atoms with E-state index in [1.165, 1.54) is 0 Å². The third kappa shape index (κ3) is 3.81. The fourth-order valence-electron chi connectivity index (χ4n) is 1.21. The Bertz CT molecular complexity index is 354. The van der Waals surface area contributed by atoms with E-state index in [4.69, 9.17) is 11.6 Å². The van der Waals surface area contributed by atoms with E-state index in [1.807, 2.05) is 37.3 Å². The summed E-state index contributed by atoms with van der Waals surface area (Å²) in [5, 5.41) is 3.54. The van der Waals surface area contributed by atoms with Crippen molar-refractivity contribution in [1.29, 1.82) is 0 Å². The molecule has 0 saturated carbocycles. The number of nitrogens with two attached hydrogens (primary N) is 2. The van der Waals surface area contributed by atoms with Crippen molar-refractivity contribution in [3.63, 3.8) is 0 Å². The van der Waals surface area contributed by atoms with E-state index in [2.05, 4.69) is 10.1 Å². The van der Waals surface area contributed by atoms with Gasteiger partial charge >= 0.3 is 0 Å². The molecule has 0 spiro atoms. The predicted octanol–water partition coefficient (Wildman–Crippen LogP) is 1.27. The van der Waals surface area contributed by atoms with Crippen LogP contribution in [0, 0.1) is 0 Å². The first-order valence-electron chi connectivity index (χ1n) is 4.90. The zero-order valence-corrected chi connectivity index (χ0v) is 8.85. The molecule has 0 heterocycles. The highest BCUT2D eigenvalue weighted by molar-refractivity contribution is 5.96. The lowest BCUT2D eigenvalue weighted by atomic mass is 10.1. The first-order chi connectivity index (χ1) is 7.26. The lowest BCUT2D eigenvalue weighted by Gasteiger charge is -2.01. The Morgan fingerprint density at radius 3 is 2.47 bits per heavy atom. The molecule has 0 aliphatic carbocycles. The van der Waals surface area contributed by atoms with Crippen molar-refractivity contribution in [1.82, 2.24) is 0 Å². The minimum Gasteiger partial charge on any atom is -0.387 e. The number of nitrogens with zero attached hydrogens (tertiary/aromatic N) is 2. The van der Waals surface area contributed by atoms with E-state index in [0.717, 1.165) is 5.56 Å². The van der Waals surface area contributed by atoms with E-state index >= 15 is 0 Å². The molecule has 80 valence electrons. The van der Waals surface area contributed by atoms with Gasteiger partial charge in [0.05, 0.1) is 0 Å². The first kappa shape index (κ1) is 11.2. The minimum atomic E-state index is 0.534. The summed E-state index contributed by atoms with van der Waals surface area (Å²) in [5.41, 5.74) is 6.90. The Balaban J connectivity index is 2.67. The highest BCUT2D eigenvalue weighted by Gasteiger charge is 1.98. The van der Waals surface area contributed by atoms with Crippen LogP contribution in [0.4, 0.5) is 0 Å². The molecule has 4 heteroatoms. The standard InChI is InChI=1S/C11H16N4/c1-2-11(15-13)14-10(12)8-9-6-4-3-5-7-9/h3-7H,2,8,13H2,1H3,(H2,12,14,15). The van der Waals surface area contributed by atoms with Crippen molar-refractivity contribution in [2.24, 2.45) is 21.7 Å². The normalized spacial score (nSPS) is 12.9. The molecule has 1 rings (SSSR count). The van der Waals surface area contributed by atoms with Crippen LogP contribution in [0.3, 0.4) is 0 Å². The summed E-state index contributed by atoms with van der Waals surface area (Å²) in [4.78, 5) is 4.13. The van der Waals surface area contributed by atoms with Crippen molar-refractivity contribution in [2.75, 3.05) is 0 Å². The molecule has 1 aromatic rings. The number of aliphatic imine (C=N–C) groups is 1. The van der Waals surface area contributed by atoms with Gasteiger partial charge in [-0.15, -0.1) is 0 Å². The molecule has 0 aromatic heterocycles. The summed E-state index contributed by atoms with van der Waals surface area (Å²) >= 11 is 0. The molecular weight excluding hydrogens is 188 g/mol. The summed E-state index contributed by atoms with van der Waals surface area (Å²) in [7, 11) is 0. The van der Waals surface area contributed by atoms with Gasteiger partial charge in [-0.3, -0.25) is 0 Å². The molecule has 1 aromatic carbocycles. The number of hydrazone groups is 1. The maximum Gasteiger partial charge on any atom is 0.149 e. The SMILES string of the molecule is CC/C(N=C(N)Cc1ccccc1)=N\N. The van der Waals surface area contributed by atoms with E-state index < -0.39 is 0 Å². The Morgan fingerprint density at radius 2 is 1.93 bits per heavy atom. The Labute approximate surface area is 89.7 Å². The van der Waals surface area contributed by atoms with Gasteiger partial charge in [0, 0.05) is 12.8 Å². The van der Waals surface area contributed by atoms with Crippen molar-refractivity contribution in [2.45, 2.75) is 19.8 Å². The zero-order chi connectivity index (χ0) is 11.1. The number of amidine groups is 2. The van der Waals surface area contributed by atoms with Crippen molar-refractivity contribution in [3.8, 4) is 0 Å². The molecular formula is C11H16N4. The summed E-state index contributed by atoms with van der Waals surface area (Å²) in [6.07, 6.45) is 1.31. The van der Waals surface area contributed by atoms with Gasteiger partial charge in [-0.05, 0) is 5.56 Å². The molecule has 0 fully saturated rings. The van der Waals surface area contributed by atoms with Crippen LogP contribution in [0.25, 0.3) is 0 Å². The minimum absolute atomic E-state index is 0.534. The molecule has 0 unspecified atom stereocenters. The molecule has 4 nitrogen and oxygen atoms in total. The number of benzene rings is 1. The molecule has 4 N–H and O–H groups in total. The second kappa shape index (κ2) is 5.80. The van der Waals surface area contributed by atoms with Crippen LogP contribution >= 0.6 is 0 Å². The van der Waals surface area contributed by atoms with Crippen molar-refractivity contribution < 1.29 is 0 Å². The smallest absolute Gasteiger partial charge is 0.149 e. The summed E-state index contributed by atoms with van der Waals surface area (Å²) in [6, 6.07) is 9.93. The van der Waals surface area contributed by atoms with E-state index in [0.29, 0.717) is 24.5 Å². The van der Waals surface area contributed by atoms with Crippen LogP contribution in [0.15, 0.2) is 40.4 Å². The van der Waals surface area contributed by atoms with Gasteiger partial charge in [0.15, 0.2) is 0 Å². The molecule has 0 bridgehead atoms. The van der Waals surface area contributed by atoms with E-state index in [1.54, 1.807) is 0 Å². The lowest BCUT2D eigenvalue weighted by Crippen LogP contribution is -2.17. The molecule has 0 radical (unpaired) electrons.